The number of hydrogen-bond acceptors (Lipinski definition) is 3. The van der Waals surface area contributed by atoms with Crippen molar-refractivity contribution < 1.29 is 14.6 Å². The van der Waals surface area contributed by atoms with Crippen molar-refractivity contribution in [2.75, 3.05) is 19.8 Å². The van der Waals surface area contributed by atoms with Crippen molar-refractivity contribution in [2.45, 2.75) is 5.92 Å². The number of fused-ring (bicyclic) bond motifs is 1. The third-order valence-electron chi connectivity index (χ3n) is 3.40. The number of benzene rings is 2. The van der Waals surface area contributed by atoms with E-state index >= 15 is 0 Å². The topological polar surface area (TPSA) is 38.7 Å². The predicted molar refractivity (Wildman–Crippen MR) is 80.6 cm³/mol. The first kappa shape index (κ1) is 13.5. The summed E-state index contributed by atoms with van der Waals surface area (Å²) in [6.07, 6.45) is 0. The maximum atomic E-state index is 8.72. The average molecular weight is 280 g/mol. The molecule has 0 amide bonds. The van der Waals surface area contributed by atoms with E-state index < -0.39 is 0 Å². The van der Waals surface area contributed by atoms with Gasteiger partial charge in [-0.3, -0.25) is 0 Å². The highest BCUT2D eigenvalue weighted by Crippen LogP contribution is 2.33. The minimum Gasteiger partial charge on any atom is -0.493 e. The van der Waals surface area contributed by atoms with Gasteiger partial charge in [-0.1, -0.05) is 36.1 Å². The number of ether oxygens (including phenoxy) is 2. The Hall–Kier alpha value is -2.44. The molecule has 0 saturated carbocycles. The first-order chi connectivity index (χ1) is 10.4. The van der Waals surface area contributed by atoms with Gasteiger partial charge in [-0.05, 0) is 24.3 Å². The van der Waals surface area contributed by atoms with Gasteiger partial charge >= 0.3 is 0 Å². The molecule has 3 rings (SSSR count). The summed E-state index contributed by atoms with van der Waals surface area (Å²) in [5, 5.41) is 8.72. The Labute approximate surface area is 124 Å². The van der Waals surface area contributed by atoms with Gasteiger partial charge in [0.1, 0.15) is 18.1 Å². The Kier molecular flexibility index (Phi) is 4.09. The minimum atomic E-state index is -0.138. The zero-order chi connectivity index (χ0) is 14.5. The normalized spacial score (nSPS) is 15.6. The maximum absolute atomic E-state index is 8.72. The SMILES string of the molecule is OCC#Cc1cccc(OCC2COc3ccccc32)c1. The van der Waals surface area contributed by atoms with Crippen LogP contribution in [-0.2, 0) is 0 Å². The van der Waals surface area contributed by atoms with E-state index in [4.69, 9.17) is 14.6 Å². The van der Waals surface area contributed by atoms with Crippen molar-refractivity contribution in [3.05, 3.63) is 59.7 Å². The Morgan fingerprint density at radius 1 is 1.19 bits per heavy atom. The van der Waals surface area contributed by atoms with Gasteiger partial charge in [0.2, 0.25) is 0 Å². The molecule has 0 bridgehead atoms. The lowest BCUT2D eigenvalue weighted by Crippen LogP contribution is -2.11. The third kappa shape index (κ3) is 3.18. The van der Waals surface area contributed by atoms with Crippen LogP contribution in [0.5, 0.6) is 11.5 Å². The van der Waals surface area contributed by atoms with Crippen molar-refractivity contribution in [1.29, 1.82) is 0 Å². The monoisotopic (exact) mass is 280 g/mol. The molecule has 1 unspecified atom stereocenters. The summed E-state index contributed by atoms with van der Waals surface area (Å²) in [7, 11) is 0. The third-order valence-corrected chi connectivity index (χ3v) is 3.40. The van der Waals surface area contributed by atoms with Crippen LogP contribution in [0.3, 0.4) is 0 Å². The fourth-order valence-corrected chi connectivity index (χ4v) is 2.37. The van der Waals surface area contributed by atoms with E-state index in [2.05, 4.69) is 17.9 Å². The largest absolute Gasteiger partial charge is 0.493 e. The van der Waals surface area contributed by atoms with Crippen LogP contribution in [0.4, 0.5) is 0 Å². The molecule has 0 spiro atoms. The lowest BCUT2D eigenvalue weighted by Gasteiger charge is -2.11. The zero-order valence-corrected chi connectivity index (χ0v) is 11.6. The van der Waals surface area contributed by atoms with E-state index in [1.807, 2.05) is 42.5 Å². The summed E-state index contributed by atoms with van der Waals surface area (Å²) < 4.78 is 11.5. The number of aliphatic hydroxyl groups excluding tert-OH is 1. The fraction of sp³-hybridized carbons (Fsp3) is 0.222. The van der Waals surface area contributed by atoms with E-state index in [1.165, 1.54) is 5.56 Å². The van der Waals surface area contributed by atoms with Gasteiger partial charge in [0.05, 0.1) is 19.1 Å². The van der Waals surface area contributed by atoms with E-state index in [-0.39, 0.29) is 12.5 Å². The van der Waals surface area contributed by atoms with Crippen LogP contribution >= 0.6 is 0 Å². The molecular weight excluding hydrogens is 264 g/mol. The first-order valence-corrected chi connectivity index (χ1v) is 6.91. The summed E-state index contributed by atoms with van der Waals surface area (Å²) in [4.78, 5) is 0. The molecule has 21 heavy (non-hydrogen) atoms. The maximum Gasteiger partial charge on any atom is 0.123 e. The smallest absolute Gasteiger partial charge is 0.123 e. The highest BCUT2D eigenvalue weighted by atomic mass is 16.5. The minimum absolute atomic E-state index is 0.138. The second-order valence-electron chi connectivity index (χ2n) is 4.84. The predicted octanol–water partition coefficient (Wildman–Crippen LogP) is 2.59. The van der Waals surface area contributed by atoms with Crippen LogP contribution in [0.1, 0.15) is 17.0 Å². The highest BCUT2D eigenvalue weighted by molar-refractivity contribution is 5.41. The van der Waals surface area contributed by atoms with Crippen molar-refractivity contribution in [3.63, 3.8) is 0 Å². The summed E-state index contributed by atoms with van der Waals surface area (Å²) in [5.41, 5.74) is 2.04. The Morgan fingerprint density at radius 3 is 3.00 bits per heavy atom. The number of rotatable bonds is 3. The molecule has 0 radical (unpaired) electrons. The highest BCUT2D eigenvalue weighted by Gasteiger charge is 2.24. The Morgan fingerprint density at radius 2 is 2.10 bits per heavy atom. The van der Waals surface area contributed by atoms with Gasteiger partial charge in [0.25, 0.3) is 0 Å². The summed E-state index contributed by atoms with van der Waals surface area (Å²) in [6, 6.07) is 15.6. The van der Waals surface area contributed by atoms with Crippen LogP contribution in [0.15, 0.2) is 48.5 Å². The first-order valence-electron chi connectivity index (χ1n) is 6.91. The Bertz CT molecular complexity index is 682. The number of hydrogen-bond donors (Lipinski definition) is 1. The molecule has 2 aromatic carbocycles. The lowest BCUT2D eigenvalue weighted by molar-refractivity contribution is 0.248. The van der Waals surface area contributed by atoms with Crippen molar-refractivity contribution >= 4 is 0 Å². The molecule has 106 valence electrons. The molecule has 2 aromatic rings. The molecule has 0 fully saturated rings. The van der Waals surface area contributed by atoms with Crippen LogP contribution in [0, 0.1) is 11.8 Å². The quantitative estimate of drug-likeness (QED) is 0.878. The molecule has 1 aliphatic heterocycles. The molecule has 1 atom stereocenters. The van der Waals surface area contributed by atoms with E-state index in [1.54, 1.807) is 0 Å². The van der Waals surface area contributed by atoms with Gasteiger partial charge in [0.15, 0.2) is 0 Å². The van der Waals surface area contributed by atoms with Gasteiger partial charge in [-0.25, -0.2) is 0 Å². The van der Waals surface area contributed by atoms with Gasteiger partial charge in [0, 0.05) is 11.1 Å². The molecule has 3 nitrogen and oxygen atoms in total. The number of aliphatic hydroxyl groups is 1. The lowest BCUT2D eigenvalue weighted by atomic mass is 10.0. The molecule has 3 heteroatoms. The standard InChI is InChI=1S/C18H16O3/c19-10-4-6-14-5-3-7-16(11-14)20-12-15-13-21-18-9-2-1-8-17(15)18/h1-3,5,7-9,11,15,19H,10,12-13H2. The Balaban J connectivity index is 1.66. The fourth-order valence-electron chi connectivity index (χ4n) is 2.37. The molecule has 1 N–H and O–H groups in total. The van der Waals surface area contributed by atoms with Gasteiger partial charge < -0.3 is 14.6 Å². The average Bonchev–Trinajstić information content (AvgIpc) is 2.95. The van der Waals surface area contributed by atoms with E-state index in [9.17, 15) is 0 Å². The summed E-state index contributed by atoms with van der Waals surface area (Å²) in [6.45, 7) is 1.10. The zero-order valence-electron chi connectivity index (χ0n) is 11.6. The van der Waals surface area contributed by atoms with Crippen molar-refractivity contribution in [1.82, 2.24) is 0 Å². The van der Waals surface area contributed by atoms with Gasteiger partial charge in [-0.15, -0.1) is 0 Å². The second-order valence-corrected chi connectivity index (χ2v) is 4.84. The van der Waals surface area contributed by atoms with E-state index in [0.29, 0.717) is 13.2 Å². The molecular formula is C18H16O3. The summed E-state index contributed by atoms with van der Waals surface area (Å²) >= 11 is 0. The number of para-hydroxylation sites is 1. The van der Waals surface area contributed by atoms with Crippen molar-refractivity contribution in [3.8, 4) is 23.3 Å². The second kappa shape index (κ2) is 6.34. The molecule has 0 saturated heterocycles. The molecule has 0 aromatic heterocycles. The molecule has 1 aliphatic rings. The van der Waals surface area contributed by atoms with Crippen LogP contribution in [0.2, 0.25) is 0 Å². The van der Waals surface area contributed by atoms with Gasteiger partial charge in [-0.2, -0.15) is 0 Å². The van der Waals surface area contributed by atoms with Crippen molar-refractivity contribution in [2.24, 2.45) is 0 Å². The van der Waals surface area contributed by atoms with Crippen LogP contribution < -0.4 is 9.47 Å². The summed E-state index contributed by atoms with van der Waals surface area (Å²) in [5.74, 6) is 7.50. The van der Waals surface area contributed by atoms with Crippen LogP contribution in [0.25, 0.3) is 0 Å². The van der Waals surface area contributed by atoms with E-state index in [0.717, 1.165) is 17.1 Å². The molecule has 0 aliphatic carbocycles. The van der Waals surface area contributed by atoms with Crippen LogP contribution in [-0.4, -0.2) is 24.9 Å². The molecule has 1 heterocycles.